The number of carbonyl (C=O) groups is 4. The maximum atomic E-state index is 13.0. The molecule has 33 heavy (non-hydrogen) atoms. The van der Waals surface area contributed by atoms with Crippen LogP contribution in [0.3, 0.4) is 0 Å². The van der Waals surface area contributed by atoms with Crippen LogP contribution < -0.4 is 9.70 Å². The lowest BCUT2D eigenvalue weighted by Gasteiger charge is -2.14. The van der Waals surface area contributed by atoms with Gasteiger partial charge >= 0.3 is 5.97 Å². The molecular formula is C24H23N3O5S. The van der Waals surface area contributed by atoms with E-state index in [1.807, 2.05) is 18.2 Å². The molecule has 8 nitrogen and oxygen atoms in total. The molecule has 1 aliphatic rings. The van der Waals surface area contributed by atoms with Gasteiger partial charge in [-0.3, -0.25) is 24.1 Å². The predicted octanol–water partition coefficient (Wildman–Crippen LogP) is 3.39. The van der Waals surface area contributed by atoms with Crippen molar-refractivity contribution < 1.29 is 23.9 Å². The molecule has 2 aromatic carbocycles. The van der Waals surface area contributed by atoms with E-state index in [0.29, 0.717) is 16.4 Å². The number of ether oxygens (including phenoxy) is 1. The van der Waals surface area contributed by atoms with E-state index in [-0.39, 0.29) is 36.8 Å². The zero-order valence-corrected chi connectivity index (χ0v) is 19.3. The fourth-order valence-corrected chi connectivity index (χ4v) is 4.75. The van der Waals surface area contributed by atoms with E-state index in [4.69, 9.17) is 4.74 Å². The van der Waals surface area contributed by atoms with Crippen molar-refractivity contribution in [2.75, 3.05) is 12.0 Å². The number of thiazole rings is 1. The smallest absolute Gasteiger partial charge is 0.325 e. The first-order chi connectivity index (χ1) is 15.8. The SMILES string of the molecule is COC(=O)Cn1c(=NC(=O)c2cccc(N3C(=O)CCC3=O)c2)sc2cc(C(C)C)ccc21. The van der Waals surface area contributed by atoms with Crippen molar-refractivity contribution >= 4 is 50.9 Å². The number of anilines is 1. The Hall–Kier alpha value is -3.59. The van der Waals surface area contributed by atoms with Crippen LogP contribution in [0.15, 0.2) is 47.5 Å². The fourth-order valence-electron chi connectivity index (χ4n) is 3.67. The van der Waals surface area contributed by atoms with Crippen molar-refractivity contribution in [3.63, 3.8) is 0 Å². The van der Waals surface area contributed by atoms with Gasteiger partial charge in [0.2, 0.25) is 11.8 Å². The van der Waals surface area contributed by atoms with Gasteiger partial charge in [0, 0.05) is 18.4 Å². The zero-order chi connectivity index (χ0) is 23.7. The van der Waals surface area contributed by atoms with Gasteiger partial charge in [0.05, 0.1) is 23.0 Å². The average Bonchev–Trinajstić information content (AvgIpc) is 3.31. The second-order valence-electron chi connectivity index (χ2n) is 8.02. The number of carbonyl (C=O) groups excluding carboxylic acids is 4. The van der Waals surface area contributed by atoms with Crippen molar-refractivity contribution in [1.82, 2.24) is 4.57 Å². The Labute approximate surface area is 194 Å². The van der Waals surface area contributed by atoms with Gasteiger partial charge in [0.25, 0.3) is 5.91 Å². The van der Waals surface area contributed by atoms with E-state index in [1.54, 1.807) is 22.8 Å². The summed E-state index contributed by atoms with van der Waals surface area (Å²) in [7, 11) is 1.31. The number of imide groups is 1. The van der Waals surface area contributed by atoms with Crippen LogP contribution >= 0.6 is 11.3 Å². The van der Waals surface area contributed by atoms with Crippen LogP contribution in [0.4, 0.5) is 5.69 Å². The van der Waals surface area contributed by atoms with E-state index in [2.05, 4.69) is 18.8 Å². The molecule has 0 atom stereocenters. The molecule has 1 saturated heterocycles. The first kappa shape index (κ1) is 22.6. The lowest BCUT2D eigenvalue weighted by Crippen LogP contribution is -2.28. The Morgan fingerprint density at radius 2 is 1.82 bits per heavy atom. The van der Waals surface area contributed by atoms with E-state index in [9.17, 15) is 19.2 Å². The molecule has 170 valence electrons. The van der Waals surface area contributed by atoms with Crippen LogP contribution in [-0.2, 0) is 25.7 Å². The van der Waals surface area contributed by atoms with Crippen LogP contribution in [0.2, 0.25) is 0 Å². The highest BCUT2D eigenvalue weighted by Crippen LogP contribution is 2.25. The minimum atomic E-state index is -0.537. The van der Waals surface area contributed by atoms with Crippen molar-refractivity contribution in [3.8, 4) is 0 Å². The third-order valence-electron chi connectivity index (χ3n) is 5.49. The Balaban J connectivity index is 1.77. The first-order valence-electron chi connectivity index (χ1n) is 10.5. The summed E-state index contributed by atoms with van der Waals surface area (Å²) in [6, 6.07) is 12.2. The van der Waals surface area contributed by atoms with E-state index in [0.717, 1.165) is 20.7 Å². The van der Waals surface area contributed by atoms with E-state index >= 15 is 0 Å². The highest BCUT2D eigenvalue weighted by Gasteiger charge is 2.30. The number of aromatic nitrogens is 1. The maximum Gasteiger partial charge on any atom is 0.325 e. The number of benzene rings is 2. The molecule has 0 N–H and O–H groups in total. The average molecular weight is 466 g/mol. The molecule has 1 aromatic heterocycles. The summed E-state index contributed by atoms with van der Waals surface area (Å²) in [6.45, 7) is 4.10. The number of rotatable bonds is 5. The Bertz CT molecular complexity index is 1340. The third kappa shape index (κ3) is 4.49. The normalized spacial score (nSPS) is 14.5. The van der Waals surface area contributed by atoms with Crippen LogP contribution in [0.1, 0.15) is 48.5 Å². The Morgan fingerprint density at radius 1 is 1.09 bits per heavy atom. The summed E-state index contributed by atoms with van der Waals surface area (Å²) in [4.78, 5) is 54.9. The lowest BCUT2D eigenvalue weighted by molar-refractivity contribution is -0.141. The van der Waals surface area contributed by atoms with Crippen molar-refractivity contribution in [3.05, 3.63) is 58.4 Å². The monoisotopic (exact) mass is 465 g/mol. The second-order valence-corrected chi connectivity index (χ2v) is 9.03. The molecule has 0 unspecified atom stereocenters. The minimum Gasteiger partial charge on any atom is -0.468 e. The molecule has 0 saturated carbocycles. The second kappa shape index (κ2) is 9.11. The van der Waals surface area contributed by atoms with Crippen molar-refractivity contribution in [2.45, 2.75) is 39.2 Å². The number of esters is 1. The number of methoxy groups -OCH3 is 1. The molecule has 0 spiro atoms. The molecular weight excluding hydrogens is 442 g/mol. The summed E-state index contributed by atoms with van der Waals surface area (Å²) < 4.78 is 7.38. The molecule has 0 radical (unpaired) electrons. The van der Waals surface area contributed by atoms with E-state index in [1.165, 1.54) is 24.5 Å². The van der Waals surface area contributed by atoms with Gasteiger partial charge in [0.15, 0.2) is 4.80 Å². The number of nitrogens with zero attached hydrogens (tertiary/aromatic N) is 3. The van der Waals surface area contributed by atoms with Gasteiger partial charge in [0.1, 0.15) is 6.54 Å². The quantitative estimate of drug-likeness (QED) is 0.425. The fraction of sp³-hybridized carbons (Fsp3) is 0.292. The topological polar surface area (TPSA) is 98.0 Å². The van der Waals surface area contributed by atoms with Crippen LogP contribution in [0.25, 0.3) is 10.2 Å². The molecule has 0 bridgehead atoms. The lowest BCUT2D eigenvalue weighted by atomic mass is 10.0. The van der Waals surface area contributed by atoms with Crippen LogP contribution in [0.5, 0.6) is 0 Å². The number of fused-ring (bicyclic) bond motifs is 1. The molecule has 3 amide bonds. The van der Waals surface area contributed by atoms with Gasteiger partial charge in [-0.1, -0.05) is 37.3 Å². The molecule has 1 fully saturated rings. The van der Waals surface area contributed by atoms with Crippen molar-refractivity contribution in [1.29, 1.82) is 0 Å². The number of hydrogen-bond donors (Lipinski definition) is 0. The summed E-state index contributed by atoms with van der Waals surface area (Å²) in [6.07, 6.45) is 0.324. The van der Waals surface area contributed by atoms with Crippen molar-refractivity contribution in [2.24, 2.45) is 4.99 Å². The zero-order valence-electron chi connectivity index (χ0n) is 18.5. The number of amides is 3. The van der Waals surface area contributed by atoms with Gasteiger partial charge in [-0.05, 0) is 41.8 Å². The molecule has 9 heteroatoms. The van der Waals surface area contributed by atoms with E-state index < -0.39 is 11.9 Å². The molecule has 4 rings (SSSR count). The largest absolute Gasteiger partial charge is 0.468 e. The summed E-state index contributed by atoms with van der Waals surface area (Å²) >= 11 is 1.31. The highest BCUT2D eigenvalue weighted by atomic mass is 32.1. The third-order valence-corrected chi connectivity index (χ3v) is 6.53. The summed E-state index contributed by atoms with van der Waals surface area (Å²) in [5.41, 5.74) is 2.51. The Morgan fingerprint density at radius 3 is 2.48 bits per heavy atom. The Kier molecular flexibility index (Phi) is 6.24. The number of hydrogen-bond acceptors (Lipinski definition) is 6. The summed E-state index contributed by atoms with van der Waals surface area (Å²) in [5.74, 6) is -1.24. The van der Waals surface area contributed by atoms with Gasteiger partial charge < -0.3 is 9.30 Å². The first-order valence-corrected chi connectivity index (χ1v) is 11.3. The molecule has 0 aliphatic carbocycles. The van der Waals surface area contributed by atoms with Crippen LogP contribution in [0, 0.1) is 0 Å². The highest BCUT2D eigenvalue weighted by molar-refractivity contribution is 7.16. The van der Waals surface area contributed by atoms with Crippen LogP contribution in [-0.4, -0.2) is 35.4 Å². The van der Waals surface area contributed by atoms with Gasteiger partial charge in [-0.25, -0.2) is 0 Å². The standard InChI is InChI=1S/C24H23N3O5S/c1-14(2)15-7-8-18-19(12-15)33-24(26(18)13-22(30)32-3)25-23(31)16-5-4-6-17(11-16)27-20(28)9-10-21(27)29/h4-8,11-12,14H,9-10,13H2,1-3H3. The predicted molar refractivity (Wildman–Crippen MR) is 124 cm³/mol. The molecule has 2 heterocycles. The molecule has 3 aromatic rings. The minimum absolute atomic E-state index is 0.0829. The maximum absolute atomic E-state index is 13.0. The van der Waals surface area contributed by atoms with Gasteiger partial charge in [-0.2, -0.15) is 4.99 Å². The van der Waals surface area contributed by atoms with Gasteiger partial charge in [-0.15, -0.1) is 0 Å². The molecule has 1 aliphatic heterocycles. The summed E-state index contributed by atoms with van der Waals surface area (Å²) in [5, 5.41) is 0.